The molecule has 0 aliphatic carbocycles. The van der Waals surface area contributed by atoms with Gasteiger partial charge in [0.15, 0.2) is 5.38 Å². The summed E-state index contributed by atoms with van der Waals surface area (Å²) in [6.45, 7) is 0.220. The van der Waals surface area contributed by atoms with E-state index < -0.39 is 5.38 Å². The highest BCUT2D eigenvalue weighted by atomic mass is 127. The monoisotopic (exact) mass is 307 g/mol. The molecule has 0 aliphatic rings. The highest BCUT2D eigenvalue weighted by molar-refractivity contribution is 14.1. The largest absolute Gasteiger partial charge is 0.490 e. The molecule has 0 bridgehead atoms. The van der Waals surface area contributed by atoms with Gasteiger partial charge in [0.1, 0.15) is 12.4 Å². The van der Waals surface area contributed by atoms with Crippen LogP contribution in [-0.2, 0) is 0 Å². The van der Waals surface area contributed by atoms with Gasteiger partial charge in [-0.2, -0.15) is 5.26 Å². The van der Waals surface area contributed by atoms with E-state index >= 15 is 0 Å². The molecule has 1 aromatic carbocycles. The third-order valence-corrected chi connectivity index (χ3v) is 2.48. The number of hydrogen-bond donors (Lipinski definition) is 0. The number of para-hydroxylation sites is 1. The first-order valence-corrected chi connectivity index (χ1v) is 5.16. The van der Waals surface area contributed by atoms with E-state index in [9.17, 15) is 0 Å². The Morgan fingerprint density at radius 2 is 2.23 bits per heavy atom. The Kier molecular flexibility index (Phi) is 4.33. The summed E-state index contributed by atoms with van der Waals surface area (Å²) in [7, 11) is 0. The molecule has 0 N–H and O–H groups in total. The molecule has 4 heteroatoms. The Hall–Kier alpha value is -0.470. The molecule has 13 heavy (non-hydrogen) atoms. The van der Waals surface area contributed by atoms with Gasteiger partial charge >= 0.3 is 0 Å². The molecular weight excluding hydrogens is 300 g/mol. The van der Waals surface area contributed by atoms with E-state index in [0.717, 1.165) is 9.32 Å². The second-order valence-electron chi connectivity index (χ2n) is 2.34. The molecule has 68 valence electrons. The third-order valence-electron chi connectivity index (χ3n) is 1.36. The van der Waals surface area contributed by atoms with Gasteiger partial charge in [0.2, 0.25) is 0 Å². The molecule has 0 saturated carbocycles. The number of rotatable bonds is 3. The van der Waals surface area contributed by atoms with Gasteiger partial charge in [-0.05, 0) is 34.7 Å². The van der Waals surface area contributed by atoms with E-state index in [4.69, 9.17) is 21.6 Å². The lowest BCUT2D eigenvalue weighted by molar-refractivity contribution is 0.327. The zero-order chi connectivity index (χ0) is 9.68. The summed E-state index contributed by atoms with van der Waals surface area (Å²) in [5, 5.41) is 7.83. The number of ether oxygens (including phenoxy) is 1. The van der Waals surface area contributed by atoms with Crippen molar-refractivity contribution < 1.29 is 4.74 Å². The Balaban J connectivity index is 2.56. The fourth-order valence-corrected chi connectivity index (χ4v) is 1.37. The van der Waals surface area contributed by atoms with Crippen LogP contribution in [0.3, 0.4) is 0 Å². The molecule has 0 aromatic heterocycles. The van der Waals surface area contributed by atoms with Crippen molar-refractivity contribution in [3.8, 4) is 11.8 Å². The minimum atomic E-state index is -0.587. The van der Waals surface area contributed by atoms with Crippen LogP contribution in [0.15, 0.2) is 24.3 Å². The number of alkyl halides is 1. The first-order chi connectivity index (χ1) is 6.24. The SMILES string of the molecule is N#CC(Cl)COc1ccccc1I. The van der Waals surface area contributed by atoms with Crippen LogP contribution in [0.25, 0.3) is 0 Å². The van der Waals surface area contributed by atoms with E-state index in [1.54, 1.807) is 0 Å². The van der Waals surface area contributed by atoms with Gasteiger partial charge in [-0.3, -0.25) is 0 Å². The van der Waals surface area contributed by atoms with Crippen LogP contribution >= 0.6 is 34.2 Å². The highest BCUT2D eigenvalue weighted by Crippen LogP contribution is 2.19. The predicted octanol–water partition coefficient (Wildman–Crippen LogP) is 2.80. The van der Waals surface area contributed by atoms with E-state index in [2.05, 4.69) is 22.6 Å². The summed E-state index contributed by atoms with van der Waals surface area (Å²) >= 11 is 7.75. The molecule has 0 saturated heterocycles. The zero-order valence-corrected chi connectivity index (χ0v) is 9.62. The fourth-order valence-electron chi connectivity index (χ4n) is 0.762. The van der Waals surface area contributed by atoms with Crippen molar-refractivity contribution in [1.29, 1.82) is 5.26 Å². The number of nitrogens with zero attached hydrogens (tertiary/aromatic N) is 1. The summed E-state index contributed by atoms with van der Waals surface area (Å²) in [4.78, 5) is 0. The number of hydrogen-bond acceptors (Lipinski definition) is 2. The van der Waals surface area contributed by atoms with Gasteiger partial charge in [-0.1, -0.05) is 12.1 Å². The molecule has 1 atom stereocenters. The Bertz CT molecular complexity index is 324. The molecule has 0 fully saturated rings. The normalized spacial score (nSPS) is 11.8. The number of nitriles is 1. The lowest BCUT2D eigenvalue weighted by atomic mass is 10.3. The molecule has 0 spiro atoms. The minimum Gasteiger partial charge on any atom is -0.490 e. The van der Waals surface area contributed by atoms with Crippen molar-refractivity contribution in [3.63, 3.8) is 0 Å². The molecule has 1 aromatic rings. The van der Waals surface area contributed by atoms with Crippen LogP contribution in [0.2, 0.25) is 0 Å². The number of halogens is 2. The summed E-state index contributed by atoms with van der Waals surface area (Å²) in [6.07, 6.45) is 0. The summed E-state index contributed by atoms with van der Waals surface area (Å²) in [5.41, 5.74) is 0. The molecule has 0 amide bonds. The van der Waals surface area contributed by atoms with Crippen LogP contribution in [0.4, 0.5) is 0 Å². The summed E-state index contributed by atoms with van der Waals surface area (Å²) in [6, 6.07) is 9.49. The van der Waals surface area contributed by atoms with E-state index in [-0.39, 0.29) is 6.61 Å². The first-order valence-electron chi connectivity index (χ1n) is 3.65. The van der Waals surface area contributed by atoms with Crippen molar-refractivity contribution in [2.24, 2.45) is 0 Å². The summed E-state index contributed by atoms with van der Waals surface area (Å²) < 4.78 is 6.34. The van der Waals surface area contributed by atoms with Crippen molar-refractivity contribution in [2.75, 3.05) is 6.61 Å². The van der Waals surface area contributed by atoms with E-state index in [1.807, 2.05) is 30.3 Å². The molecular formula is C9H7ClINO. The van der Waals surface area contributed by atoms with Crippen LogP contribution in [0.5, 0.6) is 5.75 Å². The average molecular weight is 308 g/mol. The molecule has 1 unspecified atom stereocenters. The maximum atomic E-state index is 8.42. The fraction of sp³-hybridized carbons (Fsp3) is 0.222. The Morgan fingerprint density at radius 1 is 1.54 bits per heavy atom. The first kappa shape index (κ1) is 10.6. The molecule has 0 heterocycles. The van der Waals surface area contributed by atoms with E-state index in [1.165, 1.54) is 0 Å². The Labute approximate surface area is 95.6 Å². The van der Waals surface area contributed by atoms with Gasteiger partial charge in [-0.25, -0.2) is 0 Å². The molecule has 1 rings (SSSR count). The van der Waals surface area contributed by atoms with Crippen molar-refractivity contribution in [1.82, 2.24) is 0 Å². The third kappa shape index (κ3) is 3.41. The van der Waals surface area contributed by atoms with Crippen molar-refractivity contribution in [2.45, 2.75) is 5.38 Å². The maximum absolute atomic E-state index is 8.42. The predicted molar refractivity (Wildman–Crippen MR) is 59.9 cm³/mol. The van der Waals surface area contributed by atoms with Gasteiger partial charge in [-0.15, -0.1) is 11.6 Å². The standard InChI is InChI=1S/C9H7ClINO/c10-7(5-12)6-13-9-4-2-1-3-8(9)11/h1-4,7H,6H2. The molecule has 0 radical (unpaired) electrons. The second-order valence-corrected chi connectivity index (χ2v) is 4.03. The Morgan fingerprint density at radius 3 is 2.85 bits per heavy atom. The smallest absolute Gasteiger partial charge is 0.154 e. The highest BCUT2D eigenvalue weighted by Gasteiger charge is 2.04. The van der Waals surface area contributed by atoms with Gasteiger partial charge in [0.05, 0.1) is 9.64 Å². The van der Waals surface area contributed by atoms with Gasteiger partial charge < -0.3 is 4.74 Å². The van der Waals surface area contributed by atoms with E-state index in [0.29, 0.717) is 0 Å². The molecule has 0 aliphatic heterocycles. The van der Waals surface area contributed by atoms with Gasteiger partial charge in [0.25, 0.3) is 0 Å². The topological polar surface area (TPSA) is 33.0 Å². The minimum absolute atomic E-state index is 0.220. The lowest BCUT2D eigenvalue weighted by Gasteiger charge is -2.07. The van der Waals surface area contributed by atoms with Crippen molar-refractivity contribution >= 4 is 34.2 Å². The lowest BCUT2D eigenvalue weighted by Crippen LogP contribution is -2.09. The van der Waals surface area contributed by atoms with Crippen LogP contribution in [0.1, 0.15) is 0 Å². The van der Waals surface area contributed by atoms with Gasteiger partial charge in [0, 0.05) is 0 Å². The summed E-state index contributed by atoms with van der Waals surface area (Å²) in [5.74, 6) is 0.768. The van der Waals surface area contributed by atoms with Crippen molar-refractivity contribution in [3.05, 3.63) is 27.8 Å². The maximum Gasteiger partial charge on any atom is 0.154 e. The average Bonchev–Trinajstić information content (AvgIpc) is 2.16. The number of benzene rings is 1. The second kappa shape index (κ2) is 5.30. The van der Waals surface area contributed by atoms with Crippen LogP contribution in [0, 0.1) is 14.9 Å². The quantitative estimate of drug-likeness (QED) is 0.635. The van der Waals surface area contributed by atoms with Crippen LogP contribution < -0.4 is 4.74 Å². The zero-order valence-electron chi connectivity index (χ0n) is 6.71. The molecule has 2 nitrogen and oxygen atoms in total. The van der Waals surface area contributed by atoms with Crippen LogP contribution in [-0.4, -0.2) is 12.0 Å².